The third-order valence-electron chi connectivity index (χ3n) is 2.99. The van der Waals surface area contributed by atoms with E-state index in [-0.39, 0.29) is 5.69 Å². The topological polar surface area (TPSA) is 79.0 Å². The van der Waals surface area contributed by atoms with Gasteiger partial charge in [0.05, 0.1) is 19.0 Å². The van der Waals surface area contributed by atoms with Crippen molar-refractivity contribution in [1.82, 2.24) is 19.6 Å². The summed E-state index contributed by atoms with van der Waals surface area (Å²) < 4.78 is 7.75. The number of carbonyl (C=O) groups excluding carboxylic acids is 1. The maximum absolute atomic E-state index is 12.1. The fourth-order valence-electron chi connectivity index (χ4n) is 1.96. The monoisotopic (exact) mass is 276 g/mol. The molecule has 0 amide bonds. The Morgan fingerprint density at radius 2 is 2.05 bits per heavy atom. The molecule has 0 bridgehead atoms. The van der Waals surface area contributed by atoms with Gasteiger partial charge in [-0.15, -0.1) is 0 Å². The molecule has 0 saturated carbocycles. The van der Waals surface area contributed by atoms with E-state index in [2.05, 4.69) is 14.9 Å². The zero-order chi connectivity index (χ0) is 14.9. The van der Waals surface area contributed by atoms with E-state index in [1.165, 1.54) is 11.8 Å². The van der Waals surface area contributed by atoms with Gasteiger partial charge in [-0.1, -0.05) is 6.92 Å². The Kier molecular flexibility index (Phi) is 3.69. The summed E-state index contributed by atoms with van der Waals surface area (Å²) in [6.07, 6.45) is 3.90. The van der Waals surface area contributed by atoms with Gasteiger partial charge in [0.2, 0.25) is 11.1 Å². The van der Waals surface area contributed by atoms with Crippen molar-refractivity contribution in [3.05, 3.63) is 39.6 Å². The first kappa shape index (κ1) is 14.0. The fraction of sp³-hybridized carbons (Fsp3) is 0.385. The summed E-state index contributed by atoms with van der Waals surface area (Å²) >= 11 is 0. The van der Waals surface area contributed by atoms with E-state index in [4.69, 9.17) is 0 Å². The van der Waals surface area contributed by atoms with Crippen LogP contribution in [0.3, 0.4) is 0 Å². The first-order valence-corrected chi connectivity index (χ1v) is 6.19. The largest absolute Gasteiger partial charge is 0.464 e. The molecule has 0 aliphatic heterocycles. The normalized spacial score (nSPS) is 10.6. The average molecular weight is 276 g/mol. The minimum Gasteiger partial charge on any atom is -0.464 e. The number of carbonyl (C=O) groups is 1. The van der Waals surface area contributed by atoms with E-state index >= 15 is 0 Å². The van der Waals surface area contributed by atoms with E-state index < -0.39 is 11.4 Å². The summed E-state index contributed by atoms with van der Waals surface area (Å²) in [4.78, 5) is 23.7. The first-order valence-electron chi connectivity index (χ1n) is 6.19. The molecule has 0 fully saturated rings. The van der Waals surface area contributed by atoms with Crippen LogP contribution in [0.5, 0.6) is 0 Å². The van der Waals surface area contributed by atoms with Crippen LogP contribution in [0.15, 0.2) is 17.2 Å². The lowest BCUT2D eigenvalue weighted by atomic mass is 10.2. The predicted octanol–water partition coefficient (Wildman–Crippen LogP) is 0.623. The number of hydrogen-bond acceptors (Lipinski definition) is 5. The molecule has 0 radical (unpaired) electrons. The Bertz CT molecular complexity index is 715. The van der Waals surface area contributed by atoms with E-state index in [1.807, 2.05) is 13.8 Å². The lowest BCUT2D eigenvalue weighted by molar-refractivity contribution is 0.0590. The molecule has 2 rings (SSSR count). The summed E-state index contributed by atoms with van der Waals surface area (Å²) in [5, 5.41) is 8.29. The van der Waals surface area contributed by atoms with E-state index in [0.717, 1.165) is 5.69 Å². The molecule has 7 heteroatoms. The highest BCUT2D eigenvalue weighted by molar-refractivity contribution is 5.87. The summed E-state index contributed by atoms with van der Waals surface area (Å²) in [6.45, 7) is 3.68. The van der Waals surface area contributed by atoms with E-state index in [0.29, 0.717) is 17.7 Å². The second-order valence-electron chi connectivity index (χ2n) is 4.40. The number of hydrogen-bond donors (Lipinski definition) is 0. The lowest BCUT2D eigenvalue weighted by Crippen LogP contribution is -2.25. The molecule has 20 heavy (non-hydrogen) atoms. The van der Waals surface area contributed by atoms with Gasteiger partial charge in [0.15, 0.2) is 0 Å². The van der Waals surface area contributed by atoms with Crippen molar-refractivity contribution in [2.45, 2.75) is 20.3 Å². The Balaban J connectivity index is 2.69. The van der Waals surface area contributed by atoms with Crippen molar-refractivity contribution in [2.24, 2.45) is 7.05 Å². The SMILES string of the molecule is CCc1cn(-c2cn(C)nc2C)nc(C(=O)OC)c1=O. The van der Waals surface area contributed by atoms with Crippen molar-refractivity contribution < 1.29 is 9.53 Å². The van der Waals surface area contributed by atoms with Gasteiger partial charge in [-0.25, -0.2) is 9.48 Å². The van der Waals surface area contributed by atoms with Gasteiger partial charge < -0.3 is 4.74 Å². The lowest BCUT2D eigenvalue weighted by Gasteiger charge is -2.08. The average Bonchev–Trinajstić information content (AvgIpc) is 2.77. The molecule has 0 aromatic carbocycles. The van der Waals surface area contributed by atoms with Crippen molar-refractivity contribution in [1.29, 1.82) is 0 Å². The Hall–Kier alpha value is -2.44. The standard InChI is InChI=1S/C13H16N4O3/c1-5-9-6-17(10-7-16(3)14-8(10)2)15-11(12(9)18)13(19)20-4/h6-7H,5H2,1-4H3. The van der Waals surface area contributed by atoms with Crippen LogP contribution in [0, 0.1) is 6.92 Å². The zero-order valence-corrected chi connectivity index (χ0v) is 11.9. The number of ether oxygens (including phenoxy) is 1. The van der Waals surface area contributed by atoms with Crippen LogP contribution >= 0.6 is 0 Å². The summed E-state index contributed by atoms with van der Waals surface area (Å²) in [7, 11) is 3.02. The molecule has 0 saturated heterocycles. The van der Waals surface area contributed by atoms with Crippen molar-refractivity contribution in [3.8, 4) is 5.69 Å². The molecule has 2 aromatic rings. The quantitative estimate of drug-likeness (QED) is 0.768. The van der Waals surface area contributed by atoms with E-state index in [9.17, 15) is 9.59 Å². The highest BCUT2D eigenvalue weighted by Crippen LogP contribution is 2.11. The maximum atomic E-state index is 12.1. The molecule has 2 heterocycles. The summed E-state index contributed by atoms with van der Waals surface area (Å²) in [5.41, 5.74) is 1.37. The van der Waals surface area contributed by atoms with E-state index in [1.54, 1.807) is 24.1 Å². The van der Waals surface area contributed by atoms with Crippen LogP contribution in [0.1, 0.15) is 28.7 Å². The first-order chi connectivity index (χ1) is 9.47. The van der Waals surface area contributed by atoms with Gasteiger partial charge in [0.1, 0.15) is 5.69 Å². The minimum atomic E-state index is -0.736. The van der Waals surface area contributed by atoms with Gasteiger partial charge in [-0.3, -0.25) is 9.48 Å². The number of aryl methyl sites for hydroxylation is 3. The number of methoxy groups -OCH3 is 1. The Morgan fingerprint density at radius 3 is 2.55 bits per heavy atom. The van der Waals surface area contributed by atoms with Crippen LogP contribution < -0.4 is 5.43 Å². The third-order valence-corrected chi connectivity index (χ3v) is 2.99. The van der Waals surface area contributed by atoms with Gasteiger partial charge in [0.25, 0.3) is 0 Å². The second kappa shape index (κ2) is 5.28. The highest BCUT2D eigenvalue weighted by atomic mass is 16.5. The molecule has 0 N–H and O–H groups in total. The summed E-state index contributed by atoms with van der Waals surface area (Å²) in [5.74, 6) is -0.736. The van der Waals surface area contributed by atoms with Gasteiger partial charge in [-0.05, 0) is 13.3 Å². The van der Waals surface area contributed by atoms with Crippen LogP contribution in [0.4, 0.5) is 0 Å². The fourth-order valence-corrected chi connectivity index (χ4v) is 1.96. The molecule has 0 aliphatic rings. The summed E-state index contributed by atoms with van der Waals surface area (Å²) in [6, 6.07) is 0. The van der Waals surface area contributed by atoms with Gasteiger partial charge in [0, 0.05) is 18.8 Å². The molecular formula is C13H16N4O3. The van der Waals surface area contributed by atoms with Crippen LogP contribution in [-0.2, 0) is 18.2 Å². The van der Waals surface area contributed by atoms with Crippen LogP contribution in [0.25, 0.3) is 5.69 Å². The van der Waals surface area contributed by atoms with Crippen LogP contribution in [0.2, 0.25) is 0 Å². The van der Waals surface area contributed by atoms with Crippen LogP contribution in [-0.4, -0.2) is 32.6 Å². The van der Waals surface area contributed by atoms with Gasteiger partial charge in [-0.2, -0.15) is 10.2 Å². The molecule has 7 nitrogen and oxygen atoms in total. The number of esters is 1. The second-order valence-corrected chi connectivity index (χ2v) is 4.40. The molecule has 0 spiro atoms. The molecule has 0 aliphatic carbocycles. The molecule has 0 atom stereocenters. The predicted molar refractivity (Wildman–Crippen MR) is 72.1 cm³/mol. The molecule has 106 valence electrons. The molecular weight excluding hydrogens is 260 g/mol. The van der Waals surface area contributed by atoms with Gasteiger partial charge >= 0.3 is 5.97 Å². The Labute approximate surface area is 115 Å². The minimum absolute atomic E-state index is 0.213. The smallest absolute Gasteiger partial charge is 0.362 e. The Morgan fingerprint density at radius 1 is 1.35 bits per heavy atom. The molecule has 0 unspecified atom stereocenters. The third kappa shape index (κ3) is 2.34. The number of rotatable bonds is 3. The number of nitrogens with zero attached hydrogens (tertiary/aromatic N) is 4. The molecule has 2 aromatic heterocycles. The van der Waals surface area contributed by atoms with Crippen molar-refractivity contribution in [2.75, 3.05) is 7.11 Å². The zero-order valence-electron chi connectivity index (χ0n) is 11.9. The number of aromatic nitrogens is 4. The van der Waals surface area contributed by atoms with Crippen molar-refractivity contribution >= 4 is 5.97 Å². The maximum Gasteiger partial charge on any atom is 0.362 e. The highest BCUT2D eigenvalue weighted by Gasteiger charge is 2.18. The van der Waals surface area contributed by atoms with Crippen molar-refractivity contribution in [3.63, 3.8) is 0 Å².